The number of hydrogen-bond acceptors (Lipinski definition) is 6. The number of carbonyl (C=O) groups is 2. The number of rotatable bonds is 13. The molecular formula is C22H36FN3O5. The molecule has 1 rings (SSSR count). The maximum atomic E-state index is 13.2. The number of nitrogens with zero attached hydrogens (tertiary/aromatic N) is 1. The second-order valence-electron chi connectivity index (χ2n) is 7.33. The first-order valence-corrected chi connectivity index (χ1v) is 10.9. The molecule has 0 aliphatic carbocycles. The van der Waals surface area contributed by atoms with E-state index < -0.39 is 36.6 Å². The third kappa shape index (κ3) is 10.5. The first-order chi connectivity index (χ1) is 14.8. The summed E-state index contributed by atoms with van der Waals surface area (Å²) in [5.74, 6) is -0.409. The van der Waals surface area contributed by atoms with E-state index in [1.807, 2.05) is 13.8 Å². The second kappa shape index (κ2) is 14.6. The highest BCUT2D eigenvalue weighted by Crippen LogP contribution is 2.19. The minimum atomic E-state index is -1.01. The fourth-order valence-corrected chi connectivity index (χ4v) is 2.85. The summed E-state index contributed by atoms with van der Waals surface area (Å²) in [7, 11) is 0. The van der Waals surface area contributed by atoms with Crippen LogP contribution in [0.2, 0.25) is 0 Å². The van der Waals surface area contributed by atoms with Crippen LogP contribution >= 0.6 is 0 Å². The van der Waals surface area contributed by atoms with Gasteiger partial charge in [-0.1, -0.05) is 38.8 Å². The first-order valence-electron chi connectivity index (χ1n) is 10.9. The van der Waals surface area contributed by atoms with Crippen molar-refractivity contribution in [3.8, 4) is 0 Å². The zero-order chi connectivity index (χ0) is 23.2. The Bertz CT molecular complexity index is 629. The number of halogens is 1. The molecule has 0 aromatic heterocycles. The number of hydrogen-bond donors (Lipinski definition) is 3. The summed E-state index contributed by atoms with van der Waals surface area (Å²) in [6, 6.07) is 5.46. The normalized spacial score (nSPS) is 13.9. The third-order valence-corrected chi connectivity index (χ3v) is 4.73. The molecule has 9 heteroatoms. The highest BCUT2D eigenvalue weighted by molar-refractivity contribution is 5.67. The van der Waals surface area contributed by atoms with Crippen LogP contribution in [0, 0.1) is 5.82 Å². The molecule has 0 saturated heterocycles. The van der Waals surface area contributed by atoms with Crippen molar-refractivity contribution in [2.24, 2.45) is 0 Å². The zero-order valence-electron chi connectivity index (χ0n) is 18.9. The molecule has 0 aliphatic heterocycles. The number of aliphatic hydroxyl groups is 1. The standard InChI is InChI=1S/C22H36FN3O5/c1-5-7-13-24-21(28)30-16(3)26(17(4)31-22(29)25-14-8-6-2)15-20(27)18-9-11-19(23)12-10-18/h9-12,16-17,20,27H,5-8,13-15H2,1-4H3,(H,24,28)(H,25,29). The van der Waals surface area contributed by atoms with Crippen LogP contribution in [0.5, 0.6) is 0 Å². The Kier molecular flexibility index (Phi) is 12.5. The van der Waals surface area contributed by atoms with Crippen LogP contribution in [0.3, 0.4) is 0 Å². The number of benzene rings is 1. The van der Waals surface area contributed by atoms with E-state index in [2.05, 4.69) is 10.6 Å². The Labute approximate surface area is 184 Å². The van der Waals surface area contributed by atoms with Crippen molar-refractivity contribution in [1.82, 2.24) is 15.5 Å². The van der Waals surface area contributed by atoms with E-state index in [1.165, 1.54) is 24.3 Å². The molecule has 8 nitrogen and oxygen atoms in total. The van der Waals surface area contributed by atoms with Gasteiger partial charge in [0.1, 0.15) is 5.82 Å². The zero-order valence-corrected chi connectivity index (χ0v) is 18.9. The first kappa shape index (κ1) is 26.6. The number of ether oxygens (including phenoxy) is 2. The molecule has 0 bridgehead atoms. The number of alkyl carbamates (subject to hydrolysis) is 2. The fourth-order valence-electron chi connectivity index (χ4n) is 2.85. The fraction of sp³-hybridized carbons (Fsp3) is 0.636. The van der Waals surface area contributed by atoms with Crippen molar-refractivity contribution in [3.05, 3.63) is 35.6 Å². The number of amides is 2. The van der Waals surface area contributed by atoms with E-state index in [0.717, 1.165) is 25.7 Å². The summed E-state index contributed by atoms with van der Waals surface area (Å²) in [6.45, 7) is 8.27. The van der Waals surface area contributed by atoms with Gasteiger partial charge in [0.15, 0.2) is 12.5 Å². The Balaban J connectivity index is 2.82. The van der Waals surface area contributed by atoms with Crippen molar-refractivity contribution in [2.45, 2.75) is 71.9 Å². The topological polar surface area (TPSA) is 100 Å². The highest BCUT2D eigenvalue weighted by atomic mass is 19.1. The molecule has 0 fully saturated rings. The van der Waals surface area contributed by atoms with Gasteiger partial charge in [0.25, 0.3) is 0 Å². The van der Waals surface area contributed by atoms with E-state index in [1.54, 1.807) is 18.7 Å². The van der Waals surface area contributed by atoms with E-state index in [9.17, 15) is 19.1 Å². The van der Waals surface area contributed by atoms with Crippen molar-refractivity contribution in [3.63, 3.8) is 0 Å². The summed E-state index contributed by atoms with van der Waals surface area (Å²) in [5.41, 5.74) is 0.491. The quantitative estimate of drug-likeness (QED) is 0.317. The predicted molar refractivity (Wildman–Crippen MR) is 116 cm³/mol. The van der Waals surface area contributed by atoms with Crippen LogP contribution in [0.1, 0.15) is 65.0 Å². The molecule has 31 heavy (non-hydrogen) atoms. The average Bonchev–Trinajstić information content (AvgIpc) is 2.72. The van der Waals surface area contributed by atoms with Gasteiger partial charge in [-0.05, 0) is 44.4 Å². The Morgan fingerprint density at radius 1 is 0.968 bits per heavy atom. The molecule has 0 spiro atoms. The molecule has 0 saturated carbocycles. The SMILES string of the molecule is CCCCNC(=O)OC(C)N(CC(O)c1ccc(F)cc1)C(C)OC(=O)NCCCC. The minimum absolute atomic E-state index is 0.00154. The van der Waals surface area contributed by atoms with Crippen LogP contribution in [0.4, 0.5) is 14.0 Å². The summed E-state index contributed by atoms with van der Waals surface area (Å²) in [6.07, 6.45) is -0.270. The van der Waals surface area contributed by atoms with Gasteiger partial charge < -0.3 is 25.2 Å². The van der Waals surface area contributed by atoms with Gasteiger partial charge in [-0.15, -0.1) is 0 Å². The van der Waals surface area contributed by atoms with Crippen LogP contribution in [-0.2, 0) is 9.47 Å². The van der Waals surface area contributed by atoms with Crippen LogP contribution in [0.15, 0.2) is 24.3 Å². The maximum Gasteiger partial charge on any atom is 0.408 e. The smallest absolute Gasteiger partial charge is 0.408 e. The molecule has 1 aromatic carbocycles. The molecule has 3 N–H and O–H groups in total. The molecule has 2 amide bonds. The lowest BCUT2D eigenvalue weighted by Gasteiger charge is -2.34. The average molecular weight is 442 g/mol. The lowest BCUT2D eigenvalue weighted by molar-refractivity contribution is -0.106. The summed E-state index contributed by atoms with van der Waals surface area (Å²) in [5, 5.41) is 15.9. The van der Waals surface area contributed by atoms with Gasteiger partial charge in [0, 0.05) is 19.6 Å². The molecule has 0 aliphatic rings. The van der Waals surface area contributed by atoms with Gasteiger partial charge in [0.05, 0.1) is 6.10 Å². The molecule has 176 valence electrons. The second-order valence-corrected chi connectivity index (χ2v) is 7.33. The molecule has 0 heterocycles. The van der Waals surface area contributed by atoms with Crippen LogP contribution < -0.4 is 10.6 Å². The molecule has 1 aromatic rings. The number of aliphatic hydroxyl groups excluding tert-OH is 1. The van der Waals surface area contributed by atoms with Crippen LogP contribution in [0.25, 0.3) is 0 Å². The van der Waals surface area contributed by atoms with Crippen molar-refractivity contribution in [2.75, 3.05) is 19.6 Å². The summed E-state index contributed by atoms with van der Waals surface area (Å²) in [4.78, 5) is 25.7. The minimum Gasteiger partial charge on any atom is -0.430 e. The Morgan fingerprint density at radius 3 is 1.84 bits per heavy atom. The van der Waals surface area contributed by atoms with Gasteiger partial charge >= 0.3 is 12.2 Å². The summed E-state index contributed by atoms with van der Waals surface area (Å²) >= 11 is 0. The van der Waals surface area contributed by atoms with Crippen molar-refractivity contribution in [1.29, 1.82) is 0 Å². The predicted octanol–water partition coefficient (Wildman–Crippen LogP) is 3.91. The maximum absolute atomic E-state index is 13.2. The lowest BCUT2D eigenvalue weighted by atomic mass is 10.1. The lowest BCUT2D eigenvalue weighted by Crippen LogP contribution is -2.48. The van der Waals surface area contributed by atoms with Crippen LogP contribution in [-0.4, -0.2) is 54.3 Å². The molecule has 0 radical (unpaired) electrons. The van der Waals surface area contributed by atoms with E-state index in [4.69, 9.17) is 9.47 Å². The Morgan fingerprint density at radius 2 is 1.42 bits per heavy atom. The monoisotopic (exact) mass is 441 g/mol. The third-order valence-electron chi connectivity index (χ3n) is 4.73. The van der Waals surface area contributed by atoms with E-state index in [-0.39, 0.29) is 6.54 Å². The van der Waals surface area contributed by atoms with Gasteiger partial charge in [0.2, 0.25) is 0 Å². The number of unbranched alkanes of at least 4 members (excludes halogenated alkanes) is 2. The molecule has 3 atom stereocenters. The number of nitrogens with one attached hydrogen (secondary N) is 2. The number of carbonyl (C=O) groups excluding carboxylic acids is 2. The van der Waals surface area contributed by atoms with E-state index in [0.29, 0.717) is 18.7 Å². The summed E-state index contributed by atoms with van der Waals surface area (Å²) < 4.78 is 24.0. The van der Waals surface area contributed by atoms with Crippen molar-refractivity contribution < 1.29 is 28.6 Å². The molecule has 3 unspecified atom stereocenters. The van der Waals surface area contributed by atoms with Gasteiger partial charge in [-0.25, -0.2) is 18.9 Å². The van der Waals surface area contributed by atoms with Gasteiger partial charge in [-0.2, -0.15) is 0 Å². The Hall–Kier alpha value is -2.39. The highest BCUT2D eigenvalue weighted by Gasteiger charge is 2.28. The van der Waals surface area contributed by atoms with Gasteiger partial charge in [-0.3, -0.25) is 0 Å². The van der Waals surface area contributed by atoms with E-state index >= 15 is 0 Å². The largest absolute Gasteiger partial charge is 0.430 e. The molecular weight excluding hydrogens is 405 g/mol. The van der Waals surface area contributed by atoms with Crippen molar-refractivity contribution >= 4 is 12.2 Å².